The highest BCUT2D eigenvalue weighted by atomic mass is 19.4. The number of methoxy groups -OCH3 is 1. The number of carbonyl (C=O) groups is 1. The van der Waals surface area contributed by atoms with Gasteiger partial charge in [-0.05, 0) is 12.5 Å². The van der Waals surface area contributed by atoms with E-state index in [9.17, 15) is 22.4 Å². The number of nitrogen functional groups attached to an aromatic ring is 1. The second-order valence-electron chi connectivity index (χ2n) is 3.52. The molecule has 0 amide bonds. The summed E-state index contributed by atoms with van der Waals surface area (Å²) in [4.78, 5) is 11.3. The van der Waals surface area contributed by atoms with Gasteiger partial charge in [0, 0.05) is 11.3 Å². The maximum Gasteiger partial charge on any atom is 0.416 e. The lowest BCUT2D eigenvalue weighted by Crippen LogP contribution is -2.17. The van der Waals surface area contributed by atoms with Crippen molar-refractivity contribution in [1.29, 1.82) is 0 Å². The van der Waals surface area contributed by atoms with Crippen LogP contribution < -0.4 is 5.73 Å². The van der Waals surface area contributed by atoms with Crippen molar-refractivity contribution in [2.45, 2.75) is 19.5 Å². The van der Waals surface area contributed by atoms with Gasteiger partial charge in [0.15, 0.2) is 0 Å². The van der Waals surface area contributed by atoms with Gasteiger partial charge in [-0.2, -0.15) is 13.2 Å². The van der Waals surface area contributed by atoms with Crippen molar-refractivity contribution in [3.8, 4) is 0 Å². The molecule has 0 atom stereocenters. The summed E-state index contributed by atoms with van der Waals surface area (Å²) in [5.41, 5.74) is 2.25. The van der Waals surface area contributed by atoms with E-state index in [1.54, 1.807) is 0 Å². The minimum absolute atomic E-state index is 0.217. The number of hydrogen-bond acceptors (Lipinski definition) is 3. The van der Waals surface area contributed by atoms with E-state index in [-0.39, 0.29) is 6.42 Å². The van der Waals surface area contributed by atoms with Gasteiger partial charge in [-0.15, -0.1) is 0 Å². The Morgan fingerprint density at radius 1 is 1.44 bits per heavy atom. The highest BCUT2D eigenvalue weighted by Gasteiger charge is 2.36. The summed E-state index contributed by atoms with van der Waals surface area (Å²) in [5, 5.41) is 0. The molecule has 0 aromatic heterocycles. The van der Waals surface area contributed by atoms with Gasteiger partial charge in [0.2, 0.25) is 0 Å². The lowest BCUT2D eigenvalue weighted by molar-refractivity contribution is -0.138. The van der Waals surface area contributed by atoms with Gasteiger partial charge in [-0.3, -0.25) is 0 Å². The summed E-state index contributed by atoms with van der Waals surface area (Å²) >= 11 is 0. The van der Waals surface area contributed by atoms with Crippen LogP contribution in [0.5, 0.6) is 0 Å². The summed E-state index contributed by atoms with van der Waals surface area (Å²) in [6.07, 6.45) is -4.94. The zero-order valence-electron chi connectivity index (χ0n) is 9.69. The first-order chi connectivity index (χ1) is 8.23. The predicted octanol–water partition coefficient (Wildman–Crippen LogP) is 2.78. The fourth-order valence-electron chi connectivity index (χ4n) is 1.62. The standard InChI is InChI=1S/C11H11F4NO2/c1-3-5-6(11(13,14)15)4-7(16)8(9(5)12)10(17)18-2/h4H,3,16H2,1-2H3. The van der Waals surface area contributed by atoms with Gasteiger partial charge < -0.3 is 10.5 Å². The molecule has 0 bridgehead atoms. The summed E-state index contributed by atoms with van der Waals surface area (Å²) in [5.74, 6) is -2.38. The Bertz CT molecular complexity index is 483. The number of ether oxygens (including phenoxy) is 1. The zero-order chi connectivity index (χ0) is 14.1. The van der Waals surface area contributed by atoms with Gasteiger partial charge in [-0.1, -0.05) is 6.92 Å². The van der Waals surface area contributed by atoms with Crippen LogP contribution in [-0.4, -0.2) is 13.1 Å². The Hall–Kier alpha value is -1.79. The van der Waals surface area contributed by atoms with E-state index >= 15 is 0 Å². The maximum atomic E-state index is 13.9. The van der Waals surface area contributed by atoms with E-state index in [4.69, 9.17) is 5.73 Å². The first-order valence-electron chi connectivity index (χ1n) is 5.00. The third kappa shape index (κ3) is 2.39. The molecule has 2 N–H and O–H groups in total. The third-order valence-electron chi connectivity index (χ3n) is 2.45. The van der Waals surface area contributed by atoms with Gasteiger partial charge >= 0.3 is 12.1 Å². The van der Waals surface area contributed by atoms with Gasteiger partial charge in [0.25, 0.3) is 0 Å². The van der Waals surface area contributed by atoms with Crippen LogP contribution in [0, 0.1) is 5.82 Å². The average molecular weight is 265 g/mol. The number of hydrogen-bond donors (Lipinski definition) is 1. The average Bonchev–Trinajstić information content (AvgIpc) is 2.26. The van der Waals surface area contributed by atoms with Crippen molar-refractivity contribution in [2.24, 2.45) is 0 Å². The zero-order valence-corrected chi connectivity index (χ0v) is 9.69. The lowest BCUT2D eigenvalue weighted by Gasteiger charge is -2.16. The Labute approximate surface area is 101 Å². The molecule has 0 spiro atoms. The molecule has 0 radical (unpaired) electrons. The molecule has 0 aliphatic carbocycles. The number of alkyl halides is 3. The molecule has 0 saturated carbocycles. The molecule has 1 aromatic carbocycles. The second-order valence-corrected chi connectivity index (χ2v) is 3.52. The molecule has 1 aromatic rings. The van der Waals surface area contributed by atoms with Crippen molar-refractivity contribution < 1.29 is 27.1 Å². The summed E-state index contributed by atoms with van der Waals surface area (Å²) in [6, 6.07) is 0.550. The van der Waals surface area contributed by atoms with E-state index in [1.807, 2.05) is 0 Å². The Balaban J connectivity index is 3.60. The van der Waals surface area contributed by atoms with Crippen molar-refractivity contribution >= 4 is 11.7 Å². The van der Waals surface area contributed by atoms with Gasteiger partial charge in [0.05, 0.1) is 12.7 Å². The molecule has 3 nitrogen and oxygen atoms in total. The van der Waals surface area contributed by atoms with E-state index in [0.29, 0.717) is 6.07 Å². The first-order valence-corrected chi connectivity index (χ1v) is 5.00. The molecule has 18 heavy (non-hydrogen) atoms. The molecule has 7 heteroatoms. The van der Waals surface area contributed by atoms with Crippen LogP contribution in [0.3, 0.4) is 0 Å². The minimum Gasteiger partial charge on any atom is -0.465 e. The van der Waals surface area contributed by atoms with E-state index in [0.717, 1.165) is 7.11 Å². The van der Waals surface area contributed by atoms with Gasteiger partial charge in [0.1, 0.15) is 11.4 Å². The van der Waals surface area contributed by atoms with Crippen LogP contribution in [0.1, 0.15) is 28.4 Å². The van der Waals surface area contributed by atoms with Crippen molar-refractivity contribution in [3.63, 3.8) is 0 Å². The molecule has 0 aliphatic heterocycles. The number of nitrogens with two attached hydrogens (primary N) is 1. The molecule has 0 saturated heterocycles. The molecular formula is C11H11F4NO2. The van der Waals surface area contributed by atoms with Crippen molar-refractivity contribution in [1.82, 2.24) is 0 Å². The van der Waals surface area contributed by atoms with Crippen LogP contribution in [0.25, 0.3) is 0 Å². The van der Waals surface area contributed by atoms with E-state index in [2.05, 4.69) is 4.74 Å². The highest BCUT2D eigenvalue weighted by Crippen LogP contribution is 2.36. The second kappa shape index (κ2) is 4.83. The number of esters is 1. The minimum atomic E-state index is -4.73. The summed E-state index contributed by atoms with van der Waals surface area (Å²) < 4.78 is 56.2. The Morgan fingerprint density at radius 2 is 2.00 bits per heavy atom. The topological polar surface area (TPSA) is 52.3 Å². The molecule has 100 valence electrons. The van der Waals surface area contributed by atoms with Crippen LogP contribution in [0.4, 0.5) is 23.2 Å². The van der Waals surface area contributed by atoms with Gasteiger partial charge in [-0.25, -0.2) is 9.18 Å². The molecule has 0 fully saturated rings. The summed E-state index contributed by atoms with van der Waals surface area (Å²) in [7, 11) is 0.991. The van der Waals surface area contributed by atoms with Crippen LogP contribution in [0.15, 0.2) is 6.07 Å². The van der Waals surface area contributed by atoms with Crippen LogP contribution in [0.2, 0.25) is 0 Å². The fraction of sp³-hybridized carbons (Fsp3) is 0.364. The number of halogens is 4. The number of carbonyl (C=O) groups excluding carboxylic acids is 1. The lowest BCUT2D eigenvalue weighted by atomic mass is 9.98. The van der Waals surface area contributed by atoms with E-state index in [1.165, 1.54) is 6.92 Å². The van der Waals surface area contributed by atoms with Crippen molar-refractivity contribution in [2.75, 3.05) is 12.8 Å². The van der Waals surface area contributed by atoms with Crippen LogP contribution >= 0.6 is 0 Å². The monoisotopic (exact) mass is 265 g/mol. The van der Waals surface area contributed by atoms with Crippen molar-refractivity contribution in [3.05, 3.63) is 28.6 Å². The molecule has 0 heterocycles. The highest BCUT2D eigenvalue weighted by molar-refractivity contribution is 5.95. The SMILES string of the molecule is CCc1c(C(F)(F)F)cc(N)c(C(=O)OC)c1F. The summed E-state index contributed by atoms with van der Waals surface area (Å²) in [6.45, 7) is 1.35. The number of rotatable bonds is 2. The van der Waals surface area contributed by atoms with E-state index < -0.39 is 40.3 Å². The third-order valence-corrected chi connectivity index (χ3v) is 2.45. The Kier molecular flexibility index (Phi) is 3.83. The smallest absolute Gasteiger partial charge is 0.416 e. The fourth-order valence-corrected chi connectivity index (χ4v) is 1.62. The first kappa shape index (κ1) is 14.3. The maximum absolute atomic E-state index is 13.9. The van der Waals surface area contributed by atoms with Crippen LogP contribution in [-0.2, 0) is 17.3 Å². The number of benzene rings is 1. The molecule has 0 aliphatic rings. The molecule has 1 rings (SSSR count). The quantitative estimate of drug-likeness (QED) is 0.508. The molecular weight excluding hydrogens is 254 g/mol. The largest absolute Gasteiger partial charge is 0.465 e. The molecule has 0 unspecified atom stereocenters. The predicted molar refractivity (Wildman–Crippen MR) is 56.5 cm³/mol. The normalized spacial score (nSPS) is 11.4. The number of anilines is 1. The Morgan fingerprint density at radius 3 is 2.39 bits per heavy atom.